The van der Waals surface area contributed by atoms with E-state index in [-0.39, 0.29) is 0 Å². The number of halogens is 2. The molecule has 15 heavy (non-hydrogen) atoms. The van der Waals surface area contributed by atoms with Gasteiger partial charge in [0.05, 0.1) is 16.8 Å². The van der Waals surface area contributed by atoms with Crippen molar-refractivity contribution in [3.8, 4) is 0 Å². The number of nitrogens with two attached hydrogens (primary N) is 1. The Morgan fingerprint density at radius 1 is 1.20 bits per heavy atom. The molecule has 0 unspecified atom stereocenters. The van der Waals surface area contributed by atoms with Crippen molar-refractivity contribution in [1.82, 2.24) is 0 Å². The molecule has 0 amide bonds. The fourth-order valence-electron chi connectivity index (χ4n) is 1.24. The molecule has 0 bridgehead atoms. The second-order valence-corrected chi connectivity index (χ2v) is 3.12. The van der Waals surface area contributed by atoms with Crippen LogP contribution in [0.3, 0.4) is 0 Å². The van der Waals surface area contributed by atoms with Gasteiger partial charge >= 0.3 is 0 Å². The van der Waals surface area contributed by atoms with Crippen molar-refractivity contribution in [1.29, 1.82) is 0 Å². The molecule has 3 nitrogen and oxygen atoms in total. The molecule has 0 heterocycles. The monoisotopic (exact) mass is 213 g/mol. The molecular weight excluding hydrogens is 204 g/mol. The average Bonchev–Trinajstić information content (AvgIpc) is 2.10. The lowest BCUT2D eigenvalue weighted by molar-refractivity contribution is 0.101. The third-order valence-corrected chi connectivity index (χ3v) is 1.99. The summed E-state index contributed by atoms with van der Waals surface area (Å²) < 4.78 is 26.7. The number of nitrogen functional groups attached to an aromatic ring is 1. The maximum absolute atomic E-state index is 13.5. The van der Waals surface area contributed by atoms with Gasteiger partial charge in [0.25, 0.3) is 0 Å². The van der Waals surface area contributed by atoms with E-state index >= 15 is 0 Å². The molecule has 2 N–H and O–H groups in total. The Hall–Kier alpha value is -1.78. The second kappa shape index (κ2) is 3.76. The first-order valence-corrected chi connectivity index (χ1v) is 4.15. The Morgan fingerprint density at radius 3 is 2.13 bits per heavy atom. The summed E-state index contributed by atoms with van der Waals surface area (Å²) >= 11 is 0. The zero-order chi connectivity index (χ0) is 11.7. The van der Waals surface area contributed by atoms with Crippen molar-refractivity contribution < 1.29 is 18.4 Å². The van der Waals surface area contributed by atoms with Gasteiger partial charge in [-0.2, -0.15) is 0 Å². The molecular formula is C10H9F2NO2. The van der Waals surface area contributed by atoms with E-state index in [1.807, 2.05) is 0 Å². The number of rotatable bonds is 2. The van der Waals surface area contributed by atoms with Crippen LogP contribution in [0.1, 0.15) is 34.6 Å². The van der Waals surface area contributed by atoms with Gasteiger partial charge < -0.3 is 5.73 Å². The maximum Gasteiger partial charge on any atom is 0.164 e. The number of ketones is 2. The van der Waals surface area contributed by atoms with Gasteiger partial charge in [-0.1, -0.05) is 0 Å². The fourth-order valence-corrected chi connectivity index (χ4v) is 1.24. The number of hydrogen-bond donors (Lipinski definition) is 1. The first-order chi connectivity index (χ1) is 6.86. The van der Waals surface area contributed by atoms with E-state index in [9.17, 15) is 18.4 Å². The van der Waals surface area contributed by atoms with Crippen LogP contribution in [0.2, 0.25) is 0 Å². The molecule has 0 saturated heterocycles. The molecule has 0 aliphatic rings. The summed E-state index contributed by atoms with van der Waals surface area (Å²) in [4.78, 5) is 22.0. The van der Waals surface area contributed by atoms with Gasteiger partial charge in [0.2, 0.25) is 0 Å². The minimum absolute atomic E-state index is 0.466. The normalized spacial score (nSPS) is 10.1. The summed E-state index contributed by atoms with van der Waals surface area (Å²) in [5, 5.41) is 0. The maximum atomic E-state index is 13.5. The van der Waals surface area contributed by atoms with Crippen molar-refractivity contribution in [2.75, 3.05) is 5.73 Å². The average molecular weight is 213 g/mol. The number of Topliss-reactive ketones (excluding diaryl/α,β-unsaturated/α-hetero) is 2. The predicted molar refractivity (Wildman–Crippen MR) is 50.8 cm³/mol. The molecule has 0 fully saturated rings. The SMILES string of the molecule is CC(=O)c1cc(F)c(N)c(C(C)=O)c1F. The Balaban J connectivity index is 3.63. The highest BCUT2D eigenvalue weighted by Crippen LogP contribution is 2.24. The zero-order valence-electron chi connectivity index (χ0n) is 8.23. The Bertz CT molecular complexity index is 455. The largest absolute Gasteiger partial charge is 0.396 e. The highest BCUT2D eigenvalue weighted by atomic mass is 19.1. The van der Waals surface area contributed by atoms with Crippen molar-refractivity contribution in [3.63, 3.8) is 0 Å². The summed E-state index contributed by atoms with van der Waals surface area (Å²) in [6.45, 7) is 2.14. The zero-order valence-corrected chi connectivity index (χ0v) is 8.23. The molecule has 0 spiro atoms. The number of carbonyl (C=O) groups excluding carboxylic acids is 2. The van der Waals surface area contributed by atoms with Gasteiger partial charge in [-0.15, -0.1) is 0 Å². The molecule has 80 valence electrons. The molecule has 0 aromatic heterocycles. The molecule has 0 radical (unpaired) electrons. The van der Waals surface area contributed by atoms with E-state index in [2.05, 4.69) is 0 Å². The summed E-state index contributed by atoms with van der Waals surface area (Å²) in [6.07, 6.45) is 0. The second-order valence-electron chi connectivity index (χ2n) is 3.12. The molecule has 0 atom stereocenters. The van der Waals surface area contributed by atoms with E-state index in [4.69, 9.17) is 5.73 Å². The molecule has 1 rings (SSSR count). The van der Waals surface area contributed by atoms with E-state index in [0.29, 0.717) is 6.07 Å². The van der Waals surface area contributed by atoms with Crippen LogP contribution in [0, 0.1) is 11.6 Å². The Morgan fingerprint density at radius 2 is 1.73 bits per heavy atom. The Labute approximate surface area is 84.9 Å². The van der Waals surface area contributed by atoms with Gasteiger partial charge in [0.1, 0.15) is 11.6 Å². The quantitative estimate of drug-likeness (QED) is 0.603. The number of anilines is 1. The first-order valence-electron chi connectivity index (χ1n) is 4.15. The highest BCUT2D eigenvalue weighted by Gasteiger charge is 2.21. The van der Waals surface area contributed by atoms with E-state index in [1.165, 1.54) is 0 Å². The third kappa shape index (κ3) is 1.86. The smallest absolute Gasteiger partial charge is 0.164 e. The van der Waals surface area contributed by atoms with Crippen molar-refractivity contribution in [2.45, 2.75) is 13.8 Å². The van der Waals surface area contributed by atoms with Crippen LogP contribution in [0.4, 0.5) is 14.5 Å². The van der Waals surface area contributed by atoms with Crippen LogP contribution in [0.5, 0.6) is 0 Å². The van der Waals surface area contributed by atoms with Gasteiger partial charge in [-0.05, 0) is 19.9 Å². The van der Waals surface area contributed by atoms with E-state index in [1.54, 1.807) is 0 Å². The van der Waals surface area contributed by atoms with Gasteiger partial charge in [0, 0.05) is 0 Å². The first kappa shape index (κ1) is 11.3. The van der Waals surface area contributed by atoms with Crippen LogP contribution in [-0.2, 0) is 0 Å². The number of carbonyl (C=O) groups is 2. The fraction of sp³-hybridized carbons (Fsp3) is 0.200. The van der Waals surface area contributed by atoms with Crippen LogP contribution in [0.25, 0.3) is 0 Å². The minimum Gasteiger partial charge on any atom is -0.396 e. The van der Waals surface area contributed by atoms with Gasteiger partial charge in [-0.3, -0.25) is 9.59 Å². The summed E-state index contributed by atoms with van der Waals surface area (Å²) in [5.74, 6) is -3.40. The van der Waals surface area contributed by atoms with Crippen molar-refractivity contribution in [2.24, 2.45) is 0 Å². The molecule has 1 aromatic rings. The van der Waals surface area contributed by atoms with Crippen LogP contribution < -0.4 is 5.73 Å². The van der Waals surface area contributed by atoms with Crippen molar-refractivity contribution in [3.05, 3.63) is 28.8 Å². The topological polar surface area (TPSA) is 60.2 Å². The van der Waals surface area contributed by atoms with Crippen LogP contribution >= 0.6 is 0 Å². The Kier molecular flexibility index (Phi) is 2.83. The van der Waals surface area contributed by atoms with Crippen LogP contribution in [-0.4, -0.2) is 11.6 Å². The van der Waals surface area contributed by atoms with E-state index in [0.717, 1.165) is 13.8 Å². The third-order valence-electron chi connectivity index (χ3n) is 1.99. The molecule has 5 heteroatoms. The molecule has 0 aliphatic carbocycles. The minimum atomic E-state index is -1.06. The lowest BCUT2D eigenvalue weighted by Gasteiger charge is -2.08. The lowest BCUT2D eigenvalue weighted by atomic mass is 10.0. The molecule has 1 aromatic carbocycles. The standard InChI is InChI=1S/C10H9F2NO2/c1-4(14)6-3-7(11)10(13)8(5(2)15)9(6)12/h3H,13H2,1-2H3. The van der Waals surface area contributed by atoms with Gasteiger partial charge in [0.15, 0.2) is 11.6 Å². The summed E-state index contributed by atoms with van der Waals surface area (Å²) in [5.41, 5.74) is 3.61. The predicted octanol–water partition coefficient (Wildman–Crippen LogP) is 1.95. The lowest BCUT2D eigenvalue weighted by Crippen LogP contribution is -2.11. The highest BCUT2D eigenvalue weighted by molar-refractivity contribution is 6.03. The van der Waals surface area contributed by atoms with Crippen LogP contribution in [0.15, 0.2) is 6.07 Å². The van der Waals surface area contributed by atoms with Gasteiger partial charge in [-0.25, -0.2) is 8.78 Å². The summed E-state index contributed by atoms with van der Waals surface area (Å²) in [6, 6.07) is 0.694. The van der Waals surface area contributed by atoms with Crippen molar-refractivity contribution >= 4 is 17.3 Å². The molecule has 0 saturated carbocycles. The van der Waals surface area contributed by atoms with E-state index < -0.39 is 40.0 Å². The number of hydrogen-bond acceptors (Lipinski definition) is 3. The number of benzene rings is 1. The summed E-state index contributed by atoms with van der Waals surface area (Å²) in [7, 11) is 0. The molecule has 0 aliphatic heterocycles.